The van der Waals surface area contributed by atoms with Crippen molar-refractivity contribution in [3.8, 4) is 11.5 Å². The predicted octanol–water partition coefficient (Wildman–Crippen LogP) is 3.37. The fraction of sp³-hybridized carbons (Fsp3) is 0.389. The number of hydrogen-bond acceptors (Lipinski definition) is 4. The highest BCUT2D eigenvalue weighted by molar-refractivity contribution is 5.87. The molecule has 1 heterocycles. The van der Waals surface area contributed by atoms with Gasteiger partial charge in [0.1, 0.15) is 11.5 Å². The number of piperidine rings is 1. The molecule has 0 bridgehead atoms. The van der Waals surface area contributed by atoms with E-state index in [-0.39, 0.29) is 11.5 Å². The van der Waals surface area contributed by atoms with Gasteiger partial charge in [-0.3, -0.25) is 5.01 Å². The van der Waals surface area contributed by atoms with Crippen LogP contribution >= 0.6 is 0 Å². The minimum absolute atomic E-state index is 0.162. The van der Waals surface area contributed by atoms with Crippen molar-refractivity contribution in [2.75, 3.05) is 13.1 Å². The van der Waals surface area contributed by atoms with Gasteiger partial charge in [0.15, 0.2) is 0 Å². The highest BCUT2D eigenvalue weighted by Crippen LogP contribution is 2.33. The molecule has 1 aromatic carbocycles. The van der Waals surface area contributed by atoms with E-state index in [1.165, 1.54) is 6.42 Å². The van der Waals surface area contributed by atoms with Crippen molar-refractivity contribution < 1.29 is 10.2 Å². The van der Waals surface area contributed by atoms with E-state index in [9.17, 15) is 10.2 Å². The molecule has 0 aromatic heterocycles. The molecule has 2 rings (SSSR count). The fourth-order valence-electron chi connectivity index (χ4n) is 2.72. The maximum Gasteiger partial charge on any atom is 0.128 e. The van der Waals surface area contributed by atoms with Crippen molar-refractivity contribution in [2.24, 2.45) is 5.10 Å². The lowest BCUT2D eigenvalue weighted by molar-refractivity contribution is 0.240. The number of allylic oxidation sites excluding steroid dienone is 2. The molecule has 0 aliphatic carbocycles. The Kier molecular flexibility index (Phi) is 5.64. The molecule has 0 radical (unpaired) electrons. The summed E-state index contributed by atoms with van der Waals surface area (Å²) in [4.78, 5) is 0. The largest absolute Gasteiger partial charge is 0.508 e. The molecule has 0 unspecified atom stereocenters. The zero-order chi connectivity index (χ0) is 15.9. The van der Waals surface area contributed by atoms with Crippen molar-refractivity contribution >= 4 is 6.21 Å². The maximum absolute atomic E-state index is 10.5. The number of rotatable bonds is 6. The third-order valence-electron chi connectivity index (χ3n) is 3.90. The van der Waals surface area contributed by atoms with Crippen LogP contribution in [-0.4, -0.2) is 34.5 Å². The van der Waals surface area contributed by atoms with Crippen LogP contribution in [0.15, 0.2) is 36.5 Å². The first-order chi connectivity index (χ1) is 10.7. The molecule has 0 saturated carbocycles. The van der Waals surface area contributed by atoms with Gasteiger partial charge in [-0.05, 0) is 38.2 Å². The Balaban J connectivity index is 2.38. The first kappa shape index (κ1) is 16.1. The van der Waals surface area contributed by atoms with E-state index in [4.69, 9.17) is 0 Å². The quantitative estimate of drug-likeness (QED) is 0.481. The van der Waals surface area contributed by atoms with Crippen molar-refractivity contribution in [1.29, 1.82) is 0 Å². The summed E-state index contributed by atoms with van der Waals surface area (Å²) in [5, 5.41) is 27.2. The molecule has 1 aliphatic rings. The lowest BCUT2D eigenvalue weighted by Gasteiger charge is -2.23. The van der Waals surface area contributed by atoms with Gasteiger partial charge >= 0.3 is 0 Å². The Morgan fingerprint density at radius 3 is 2.41 bits per heavy atom. The minimum atomic E-state index is 0.162. The molecule has 4 heteroatoms. The van der Waals surface area contributed by atoms with E-state index in [0.29, 0.717) is 29.5 Å². The lowest BCUT2D eigenvalue weighted by atomic mass is 9.97. The van der Waals surface area contributed by atoms with Crippen LogP contribution in [0, 0.1) is 0 Å². The second-order valence-electron chi connectivity index (χ2n) is 5.54. The molecule has 1 aromatic rings. The fourth-order valence-corrected chi connectivity index (χ4v) is 2.72. The first-order valence-electron chi connectivity index (χ1n) is 7.74. The normalized spacial score (nSPS) is 15.2. The summed E-state index contributed by atoms with van der Waals surface area (Å²) in [6.07, 6.45) is 9.58. The second kappa shape index (κ2) is 7.69. The average Bonchev–Trinajstić information content (AvgIpc) is 2.53. The van der Waals surface area contributed by atoms with Gasteiger partial charge in [0.25, 0.3) is 0 Å². The zero-order valence-corrected chi connectivity index (χ0v) is 13.0. The van der Waals surface area contributed by atoms with E-state index in [0.717, 1.165) is 25.9 Å². The van der Waals surface area contributed by atoms with E-state index >= 15 is 0 Å². The smallest absolute Gasteiger partial charge is 0.128 e. The van der Waals surface area contributed by atoms with Gasteiger partial charge < -0.3 is 10.2 Å². The van der Waals surface area contributed by atoms with Crippen molar-refractivity contribution in [3.05, 3.63) is 48.1 Å². The van der Waals surface area contributed by atoms with E-state index in [1.807, 2.05) is 5.01 Å². The van der Waals surface area contributed by atoms with Gasteiger partial charge in [0, 0.05) is 29.8 Å². The molecule has 0 amide bonds. The second-order valence-corrected chi connectivity index (χ2v) is 5.54. The van der Waals surface area contributed by atoms with Crippen molar-refractivity contribution in [2.45, 2.75) is 32.1 Å². The van der Waals surface area contributed by atoms with Crippen LogP contribution in [-0.2, 0) is 12.8 Å². The van der Waals surface area contributed by atoms with Crippen LogP contribution in [0.3, 0.4) is 0 Å². The molecule has 2 N–H and O–H groups in total. The molecule has 118 valence electrons. The highest BCUT2D eigenvalue weighted by Gasteiger charge is 2.15. The third-order valence-corrected chi connectivity index (χ3v) is 3.90. The van der Waals surface area contributed by atoms with Crippen LogP contribution in [0.2, 0.25) is 0 Å². The zero-order valence-electron chi connectivity index (χ0n) is 13.0. The van der Waals surface area contributed by atoms with Gasteiger partial charge in [-0.25, -0.2) is 0 Å². The molecule has 22 heavy (non-hydrogen) atoms. The van der Waals surface area contributed by atoms with Crippen molar-refractivity contribution in [1.82, 2.24) is 5.01 Å². The lowest BCUT2D eigenvalue weighted by Crippen LogP contribution is -2.24. The van der Waals surface area contributed by atoms with Crippen LogP contribution in [0.4, 0.5) is 0 Å². The van der Waals surface area contributed by atoms with Crippen LogP contribution < -0.4 is 0 Å². The van der Waals surface area contributed by atoms with Crippen LogP contribution in [0.5, 0.6) is 11.5 Å². The molecular weight excluding hydrogens is 276 g/mol. The number of aromatic hydroxyl groups is 2. The van der Waals surface area contributed by atoms with E-state index in [1.54, 1.807) is 24.4 Å². The number of benzene rings is 1. The first-order valence-corrected chi connectivity index (χ1v) is 7.74. The molecule has 1 fully saturated rings. The summed E-state index contributed by atoms with van der Waals surface area (Å²) in [6, 6.07) is 1.59. The summed E-state index contributed by atoms with van der Waals surface area (Å²) in [5.41, 5.74) is 1.88. The van der Waals surface area contributed by atoms with Gasteiger partial charge in [-0.2, -0.15) is 5.10 Å². The molecule has 0 spiro atoms. The summed E-state index contributed by atoms with van der Waals surface area (Å²) >= 11 is 0. The van der Waals surface area contributed by atoms with Gasteiger partial charge in [0.2, 0.25) is 0 Å². The van der Waals surface area contributed by atoms with Crippen molar-refractivity contribution in [3.63, 3.8) is 0 Å². The van der Waals surface area contributed by atoms with Gasteiger partial charge in [-0.1, -0.05) is 12.2 Å². The summed E-state index contributed by atoms with van der Waals surface area (Å²) in [6.45, 7) is 9.27. The SMILES string of the molecule is C=CCc1cc(O)c(CC=C)c(C=NN2CCCCC2)c1O. The van der Waals surface area contributed by atoms with E-state index < -0.39 is 0 Å². The Morgan fingerprint density at radius 1 is 1.09 bits per heavy atom. The minimum Gasteiger partial charge on any atom is -0.508 e. The number of hydrazone groups is 1. The maximum atomic E-state index is 10.5. The number of phenolic OH excluding ortho intramolecular Hbond substituents is 2. The standard InChI is InChI=1S/C18H24N2O2/c1-3-8-14-12-17(21)15(9-4-2)16(18(14)22)13-19-20-10-6-5-7-11-20/h3-4,12-13,21-22H,1-2,5-11H2. The monoisotopic (exact) mass is 300 g/mol. The Labute approximate surface area is 132 Å². The molecular formula is C18H24N2O2. The average molecular weight is 300 g/mol. The van der Waals surface area contributed by atoms with E-state index in [2.05, 4.69) is 18.3 Å². The highest BCUT2D eigenvalue weighted by atomic mass is 16.3. The molecule has 4 nitrogen and oxygen atoms in total. The summed E-state index contributed by atoms with van der Waals surface area (Å²) < 4.78 is 0. The molecule has 0 atom stereocenters. The van der Waals surface area contributed by atoms with Gasteiger partial charge in [0.05, 0.1) is 6.21 Å². The third kappa shape index (κ3) is 3.70. The number of phenols is 2. The number of nitrogens with zero attached hydrogens (tertiary/aromatic N) is 2. The Bertz CT molecular complexity index is 573. The summed E-state index contributed by atoms with van der Waals surface area (Å²) in [5.74, 6) is 0.324. The Hall–Kier alpha value is -2.23. The van der Waals surface area contributed by atoms with Crippen LogP contribution in [0.25, 0.3) is 0 Å². The van der Waals surface area contributed by atoms with Gasteiger partial charge in [-0.15, -0.1) is 13.2 Å². The Morgan fingerprint density at radius 2 is 1.77 bits per heavy atom. The number of hydrogen-bond donors (Lipinski definition) is 2. The topological polar surface area (TPSA) is 56.1 Å². The predicted molar refractivity (Wildman–Crippen MR) is 90.6 cm³/mol. The molecule has 1 aliphatic heterocycles. The molecule has 1 saturated heterocycles. The summed E-state index contributed by atoms with van der Waals surface area (Å²) in [7, 11) is 0. The van der Waals surface area contributed by atoms with Crippen LogP contribution in [0.1, 0.15) is 36.0 Å².